The predicted molar refractivity (Wildman–Crippen MR) is 161 cm³/mol. The van der Waals surface area contributed by atoms with Crippen LogP contribution in [0.3, 0.4) is 0 Å². The fourth-order valence-corrected chi connectivity index (χ4v) is 5.88. The van der Waals surface area contributed by atoms with Crippen LogP contribution in [0.2, 0.25) is 0 Å². The Balaban J connectivity index is 1.88. The summed E-state index contributed by atoms with van der Waals surface area (Å²) in [4.78, 5) is 17.4. The molecular formula is C31H23N8O3S+. The van der Waals surface area contributed by atoms with Gasteiger partial charge in [-0.15, -0.1) is 0 Å². The summed E-state index contributed by atoms with van der Waals surface area (Å²) in [7, 11) is -1.26. The van der Waals surface area contributed by atoms with E-state index in [0.29, 0.717) is 22.5 Å². The van der Waals surface area contributed by atoms with Gasteiger partial charge in [0.1, 0.15) is 32.3 Å². The zero-order valence-corrected chi connectivity index (χ0v) is 23.8. The number of fused-ring (bicyclic) bond motifs is 8. The number of hydrogen-bond donors (Lipinski definition) is 3. The lowest BCUT2D eigenvalue weighted by atomic mass is 10.1. The first-order chi connectivity index (χ1) is 20.7. The van der Waals surface area contributed by atoms with Crippen LogP contribution in [0.4, 0.5) is 5.69 Å². The van der Waals surface area contributed by atoms with Crippen molar-refractivity contribution in [3.05, 3.63) is 88.8 Å². The van der Waals surface area contributed by atoms with Gasteiger partial charge < -0.3 is 19.4 Å². The Bertz CT molecular complexity index is 2250. The minimum atomic E-state index is -4.99. The van der Waals surface area contributed by atoms with Gasteiger partial charge in [0, 0.05) is 31.8 Å². The SMILES string of the molecule is CN(C)c1c2ccc([nH]2)c(-[n+]2ccccc2)c2nc(c(C=C(C#N)C#[NH+])c3nc(c(S(=O)(=O)[O-])c4ccc1[nH]4)C=C3)C=C2. The van der Waals surface area contributed by atoms with E-state index in [-0.39, 0.29) is 22.5 Å². The Morgan fingerprint density at radius 3 is 2.07 bits per heavy atom. The highest BCUT2D eigenvalue weighted by atomic mass is 32.2. The van der Waals surface area contributed by atoms with Crippen molar-refractivity contribution in [2.45, 2.75) is 4.90 Å². The molecule has 0 radical (unpaired) electrons. The van der Waals surface area contributed by atoms with Crippen molar-refractivity contribution >= 4 is 68.3 Å². The Morgan fingerprint density at radius 2 is 1.47 bits per heavy atom. The molecule has 4 aromatic rings. The molecule has 6 rings (SSSR count). The molecule has 0 spiro atoms. The van der Waals surface area contributed by atoms with E-state index >= 15 is 0 Å². The number of allylic oxidation sites excluding steroid dienone is 1. The van der Waals surface area contributed by atoms with Gasteiger partial charge in [-0.05, 0) is 54.6 Å². The molecule has 2 aliphatic heterocycles. The van der Waals surface area contributed by atoms with Gasteiger partial charge in [0.05, 0.1) is 39.3 Å². The van der Waals surface area contributed by atoms with Gasteiger partial charge in [-0.3, -0.25) is 0 Å². The van der Waals surface area contributed by atoms with Crippen LogP contribution in [0.15, 0.2) is 65.3 Å². The highest BCUT2D eigenvalue weighted by Crippen LogP contribution is 2.31. The number of hydrogen-bond acceptors (Lipinski definition) is 7. The minimum absolute atomic E-state index is 0.0684. The van der Waals surface area contributed by atoms with E-state index in [2.05, 4.69) is 21.0 Å². The lowest BCUT2D eigenvalue weighted by molar-refractivity contribution is -0.594. The van der Waals surface area contributed by atoms with Crippen molar-refractivity contribution in [3.63, 3.8) is 0 Å². The number of aromatic nitrogens is 5. The maximum atomic E-state index is 12.6. The second-order valence-electron chi connectivity index (χ2n) is 9.87. The molecule has 0 aromatic carbocycles. The topological polar surface area (TPSA) is 169 Å². The van der Waals surface area contributed by atoms with Crippen LogP contribution in [0.25, 0.3) is 58.1 Å². The molecule has 8 bridgehead atoms. The Kier molecular flexibility index (Phi) is 6.70. The molecule has 43 heavy (non-hydrogen) atoms. The first-order valence-electron chi connectivity index (χ1n) is 13.0. The second-order valence-corrected chi connectivity index (χ2v) is 11.2. The van der Waals surface area contributed by atoms with Crippen molar-refractivity contribution < 1.29 is 22.8 Å². The molecule has 2 aliphatic rings. The van der Waals surface area contributed by atoms with Crippen molar-refractivity contribution in [2.75, 3.05) is 19.0 Å². The van der Waals surface area contributed by atoms with Gasteiger partial charge in [0.25, 0.3) is 5.69 Å². The van der Waals surface area contributed by atoms with Gasteiger partial charge in [-0.25, -0.2) is 18.4 Å². The number of pyridine rings is 1. The van der Waals surface area contributed by atoms with Crippen molar-refractivity contribution in [2.24, 2.45) is 0 Å². The summed E-state index contributed by atoms with van der Waals surface area (Å²) in [6.07, 6.45) is 11.8. The summed E-state index contributed by atoms with van der Waals surface area (Å²) in [6, 6.07) is 16.8. The molecule has 0 unspecified atom stereocenters. The Hall–Kier alpha value is -5.82. The lowest BCUT2D eigenvalue weighted by Gasteiger charge is -2.13. The largest absolute Gasteiger partial charge is 0.744 e. The van der Waals surface area contributed by atoms with Gasteiger partial charge >= 0.3 is 6.07 Å². The van der Waals surface area contributed by atoms with E-state index in [1.807, 2.05) is 78.4 Å². The van der Waals surface area contributed by atoms with Gasteiger partial charge in [0.15, 0.2) is 18.0 Å². The number of H-pyrrole nitrogens is 2. The Labute approximate surface area is 246 Å². The van der Waals surface area contributed by atoms with E-state index in [9.17, 15) is 18.2 Å². The zero-order chi connectivity index (χ0) is 30.3. The standard InChI is InChI=1S/C31H22N8O3S/c1-38(2)29-23-9-10-26(36-23)30(39-14-4-3-5-15-39)25-8-6-21(34-25)20(16-19(17-32)18-33)22-7-12-27(35-22)31(43(40,41)42)28-13-11-24(29)37-28/h3-16,36-37H,1-2H3/p+1. The van der Waals surface area contributed by atoms with Gasteiger partial charge in [0.2, 0.25) is 0 Å². The predicted octanol–water partition coefficient (Wildman–Crippen LogP) is 2.58. The highest BCUT2D eigenvalue weighted by molar-refractivity contribution is 7.86. The molecule has 12 heteroatoms. The molecule has 11 nitrogen and oxygen atoms in total. The van der Waals surface area contributed by atoms with Crippen LogP contribution >= 0.6 is 0 Å². The molecule has 0 fully saturated rings. The summed E-state index contributed by atoms with van der Waals surface area (Å²) in [5.74, 6) is 0. The molecule has 0 amide bonds. The van der Waals surface area contributed by atoms with Crippen LogP contribution in [-0.2, 0) is 10.1 Å². The van der Waals surface area contributed by atoms with Gasteiger partial charge in [-0.2, -0.15) is 9.83 Å². The minimum Gasteiger partial charge on any atom is -0.744 e. The number of nitrogens with one attached hydrogen (secondary N) is 3. The van der Waals surface area contributed by atoms with Crippen LogP contribution in [-0.4, -0.2) is 47.0 Å². The summed E-state index contributed by atoms with van der Waals surface area (Å²) in [5, 5.41) is 17.1. The Morgan fingerprint density at radius 1 is 0.907 bits per heavy atom. The number of nitrogens with zero attached hydrogens (tertiary/aromatic N) is 5. The number of rotatable bonds is 4. The molecule has 0 saturated heterocycles. The van der Waals surface area contributed by atoms with Crippen molar-refractivity contribution in [1.82, 2.24) is 19.9 Å². The average Bonchev–Trinajstić information content (AvgIpc) is 3.79. The molecular weight excluding hydrogens is 564 g/mol. The first-order valence-corrected chi connectivity index (χ1v) is 14.4. The number of anilines is 1. The molecule has 6 heterocycles. The summed E-state index contributed by atoms with van der Waals surface area (Å²) in [5.41, 5.74) is 5.10. The smallest absolute Gasteiger partial charge is 0.319 e. The van der Waals surface area contributed by atoms with Crippen LogP contribution in [0, 0.1) is 17.4 Å². The van der Waals surface area contributed by atoms with E-state index < -0.39 is 15.0 Å². The third-order valence-corrected chi connectivity index (χ3v) is 7.83. The molecule has 210 valence electrons. The highest BCUT2D eigenvalue weighted by Gasteiger charge is 2.21. The second kappa shape index (κ2) is 10.5. The first kappa shape index (κ1) is 27.4. The zero-order valence-electron chi connectivity index (χ0n) is 23.0. The monoisotopic (exact) mass is 587 g/mol. The van der Waals surface area contributed by atoms with E-state index in [1.54, 1.807) is 18.2 Å². The normalized spacial score (nSPS) is 12.6. The molecule has 3 N–H and O–H groups in total. The quantitative estimate of drug-likeness (QED) is 0.162. The van der Waals surface area contributed by atoms with Crippen molar-refractivity contribution in [1.29, 1.82) is 5.26 Å². The molecule has 0 saturated carbocycles. The van der Waals surface area contributed by atoms with Crippen LogP contribution in [0.5, 0.6) is 0 Å². The summed E-state index contributed by atoms with van der Waals surface area (Å²) in [6.45, 7) is 0. The third kappa shape index (κ3) is 4.97. The third-order valence-electron chi connectivity index (χ3n) is 6.90. The molecule has 0 atom stereocenters. The average molecular weight is 588 g/mol. The van der Waals surface area contributed by atoms with E-state index in [1.165, 1.54) is 18.2 Å². The van der Waals surface area contributed by atoms with Crippen molar-refractivity contribution in [3.8, 4) is 17.8 Å². The lowest BCUT2D eigenvalue weighted by Crippen LogP contribution is -2.30. The van der Waals surface area contributed by atoms with E-state index in [4.69, 9.17) is 10.2 Å². The molecule has 4 aromatic heterocycles. The fraction of sp³-hybridized carbons (Fsp3) is 0.0645. The fourth-order valence-electron chi connectivity index (χ4n) is 5.12. The van der Waals surface area contributed by atoms with E-state index in [0.717, 1.165) is 22.4 Å². The summed E-state index contributed by atoms with van der Waals surface area (Å²) >= 11 is 0. The van der Waals surface area contributed by atoms with Crippen LogP contribution < -0.4 is 14.7 Å². The molecule has 0 aliphatic carbocycles. The maximum Gasteiger partial charge on any atom is 0.319 e. The number of aromatic amines is 2. The number of nitriles is 1. The maximum absolute atomic E-state index is 12.6. The summed E-state index contributed by atoms with van der Waals surface area (Å²) < 4.78 is 39.7. The van der Waals surface area contributed by atoms with Crippen LogP contribution in [0.1, 0.15) is 28.3 Å². The van der Waals surface area contributed by atoms with Gasteiger partial charge in [-0.1, -0.05) is 11.3 Å².